The maximum atomic E-state index is 12.4. The van der Waals surface area contributed by atoms with E-state index in [0.717, 1.165) is 11.8 Å². The Kier molecular flexibility index (Phi) is 5.10. The SMILES string of the molecule is CN(C)C(=O)Sc1ccccc1NS(=O)(=O)c1ccccc1. The van der Waals surface area contributed by atoms with E-state index in [-0.39, 0.29) is 10.1 Å². The monoisotopic (exact) mass is 336 g/mol. The molecular weight excluding hydrogens is 320 g/mol. The predicted molar refractivity (Wildman–Crippen MR) is 88.6 cm³/mol. The van der Waals surface area contributed by atoms with Gasteiger partial charge in [0, 0.05) is 19.0 Å². The van der Waals surface area contributed by atoms with Gasteiger partial charge in [0.2, 0.25) is 0 Å². The number of hydrogen-bond acceptors (Lipinski definition) is 4. The second-order valence-electron chi connectivity index (χ2n) is 4.68. The third kappa shape index (κ3) is 4.02. The molecule has 2 aromatic carbocycles. The van der Waals surface area contributed by atoms with Gasteiger partial charge < -0.3 is 4.90 Å². The molecule has 0 aromatic heterocycles. The van der Waals surface area contributed by atoms with E-state index in [1.165, 1.54) is 17.0 Å². The Balaban J connectivity index is 2.29. The summed E-state index contributed by atoms with van der Waals surface area (Å²) in [6.07, 6.45) is 0. The lowest BCUT2D eigenvalue weighted by atomic mass is 10.3. The molecule has 5 nitrogen and oxygen atoms in total. The second-order valence-corrected chi connectivity index (χ2v) is 7.35. The molecule has 0 fully saturated rings. The molecule has 116 valence electrons. The van der Waals surface area contributed by atoms with Crippen molar-refractivity contribution in [2.24, 2.45) is 0 Å². The second kappa shape index (κ2) is 6.85. The maximum Gasteiger partial charge on any atom is 0.286 e. The molecule has 0 heterocycles. The zero-order valence-electron chi connectivity index (χ0n) is 12.2. The highest BCUT2D eigenvalue weighted by molar-refractivity contribution is 8.13. The molecule has 0 atom stereocenters. The first-order valence-corrected chi connectivity index (χ1v) is 8.76. The van der Waals surface area contributed by atoms with E-state index in [0.29, 0.717) is 10.6 Å². The Morgan fingerprint density at radius 3 is 2.23 bits per heavy atom. The van der Waals surface area contributed by atoms with Gasteiger partial charge in [-0.3, -0.25) is 9.52 Å². The molecule has 0 aliphatic rings. The number of amides is 1. The maximum absolute atomic E-state index is 12.4. The van der Waals surface area contributed by atoms with Crippen LogP contribution in [-0.4, -0.2) is 32.7 Å². The third-order valence-electron chi connectivity index (χ3n) is 2.75. The summed E-state index contributed by atoms with van der Waals surface area (Å²) in [6, 6.07) is 14.9. The van der Waals surface area contributed by atoms with Crippen LogP contribution in [0.3, 0.4) is 0 Å². The Morgan fingerprint density at radius 2 is 1.59 bits per heavy atom. The van der Waals surface area contributed by atoms with Crippen molar-refractivity contribution in [1.82, 2.24) is 4.90 Å². The van der Waals surface area contributed by atoms with Crippen LogP contribution in [-0.2, 0) is 10.0 Å². The van der Waals surface area contributed by atoms with Crippen LogP contribution >= 0.6 is 11.8 Å². The zero-order valence-corrected chi connectivity index (χ0v) is 13.8. The minimum absolute atomic E-state index is 0.175. The van der Waals surface area contributed by atoms with Crippen LogP contribution in [0.25, 0.3) is 0 Å². The molecule has 0 aliphatic carbocycles. The van der Waals surface area contributed by atoms with Crippen LogP contribution in [0.5, 0.6) is 0 Å². The fraction of sp³-hybridized carbons (Fsp3) is 0.133. The number of nitrogens with one attached hydrogen (secondary N) is 1. The molecule has 2 rings (SSSR count). The van der Waals surface area contributed by atoms with Gasteiger partial charge in [-0.25, -0.2) is 8.42 Å². The van der Waals surface area contributed by atoms with Gasteiger partial charge in [0.15, 0.2) is 0 Å². The van der Waals surface area contributed by atoms with Gasteiger partial charge >= 0.3 is 0 Å². The standard InChI is InChI=1S/C15H16N2O3S2/c1-17(2)15(18)21-14-11-7-6-10-13(14)16-22(19,20)12-8-4-3-5-9-12/h3-11,16H,1-2H3. The number of hydrogen-bond donors (Lipinski definition) is 1. The number of thioether (sulfide) groups is 1. The Morgan fingerprint density at radius 1 is 1.00 bits per heavy atom. The van der Waals surface area contributed by atoms with Gasteiger partial charge in [-0.05, 0) is 36.0 Å². The van der Waals surface area contributed by atoms with E-state index in [1.807, 2.05) is 0 Å². The van der Waals surface area contributed by atoms with Crippen LogP contribution in [0.1, 0.15) is 0 Å². The highest BCUT2D eigenvalue weighted by Gasteiger charge is 2.17. The predicted octanol–water partition coefficient (Wildman–Crippen LogP) is 3.26. The highest BCUT2D eigenvalue weighted by Crippen LogP contribution is 2.30. The number of carbonyl (C=O) groups excluding carboxylic acids is 1. The number of anilines is 1. The summed E-state index contributed by atoms with van der Waals surface area (Å²) in [5.41, 5.74) is 0.381. The van der Waals surface area contributed by atoms with Gasteiger partial charge in [0.05, 0.1) is 10.6 Å². The molecule has 0 aliphatic heterocycles. The summed E-state index contributed by atoms with van der Waals surface area (Å²) in [6.45, 7) is 0. The van der Waals surface area contributed by atoms with Crippen molar-refractivity contribution in [2.45, 2.75) is 9.79 Å². The van der Waals surface area contributed by atoms with E-state index >= 15 is 0 Å². The van der Waals surface area contributed by atoms with Crippen molar-refractivity contribution in [2.75, 3.05) is 18.8 Å². The third-order valence-corrected chi connectivity index (χ3v) is 5.24. The Labute approximate surface area is 134 Å². The van der Waals surface area contributed by atoms with E-state index in [1.54, 1.807) is 56.6 Å². The first-order valence-electron chi connectivity index (χ1n) is 6.46. The average Bonchev–Trinajstić information content (AvgIpc) is 2.49. The highest BCUT2D eigenvalue weighted by atomic mass is 32.2. The first-order chi connectivity index (χ1) is 10.4. The summed E-state index contributed by atoms with van der Waals surface area (Å²) in [5.74, 6) is 0. The van der Waals surface area contributed by atoms with Gasteiger partial charge in [-0.2, -0.15) is 0 Å². The summed E-state index contributed by atoms with van der Waals surface area (Å²) >= 11 is 0.974. The molecule has 0 radical (unpaired) electrons. The number of para-hydroxylation sites is 1. The van der Waals surface area contributed by atoms with Crippen molar-refractivity contribution in [3.63, 3.8) is 0 Å². The van der Waals surface area contributed by atoms with Gasteiger partial charge in [-0.1, -0.05) is 30.3 Å². The van der Waals surface area contributed by atoms with E-state index in [9.17, 15) is 13.2 Å². The normalized spacial score (nSPS) is 11.0. The molecule has 2 aromatic rings. The largest absolute Gasteiger partial charge is 0.339 e. The fourth-order valence-electron chi connectivity index (χ4n) is 1.63. The summed E-state index contributed by atoms with van der Waals surface area (Å²) in [4.78, 5) is 14.0. The van der Waals surface area contributed by atoms with Gasteiger partial charge in [0.1, 0.15) is 0 Å². The minimum Gasteiger partial charge on any atom is -0.339 e. The molecule has 0 saturated heterocycles. The van der Waals surface area contributed by atoms with Crippen molar-refractivity contribution >= 4 is 32.7 Å². The topological polar surface area (TPSA) is 66.5 Å². The lowest BCUT2D eigenvalue weighted by molar-refractivity contribution is 0.241. The Hall–Kier alpha value is -1.99. The zero-order chi connectivity index (χ0) is 16.2. The van der Waals surface area contributed by atoms with Crippen LogP contribution in [0, 0.1) is 0 Å². The van der Waals surface area contributed by atoms with Crippen molar-refractivity contribution < 1.29 is 13.2 Å². The molecule has 0 bridgehead atoms. The smallest absolute Gasteiger partial charge is 0.286 e. The van der Waals surface area contributed by atoms with Gasteiger partial charge in [-0.15, -0.1) is 0 Å². The van der Waals surface area contributed by atoms with Gasteiger partial charge in [0.25, 0.3) is 15.3 Å². The summed E-state index contributed by atoms with van der Waals surface area (Å²) in [7, 11) is -0.390. The molecule has 0 saturated carbocycles. The number of benzene rings is 2. The molecule has 1 amide bonds. The lowest BCUT2D eigenvalue weighted by Crippen LogP contribution is -2.17. The van der Waals surface area contributed by atoms with Crippen molar-refractivity contribution in [3.8, 4) is 0 Å². The number of sulfonamides is 1. The van der Waals surface area contributed by atoms with Crippen LogP contribution < -0.4 is 4.72 Å². The molecule has 0 unspecified atom stereocenters. The minimum atomic E-state index is -3.68. The van der Waals surface area contributed by atoms with E-state index < -0.39 is 10.0 Å². The van der Waals surface area contributed by atoms with E-state index in [4.69, 9.17) is 0 Å². The molecule has 0 spiro atoms. The summed E-state index contributed by atoms with van der Waals surface area (Å²) < 4.78 is 27.2. The Bertz CT molecular complexity index is 759. The summed E-state index contributed by atoms with van der Waals surface area (Å²) in [5, 5.41) is -0.175. The van der Waals surface area contributed by atoms with Crippen LogP contribution in [0.15, 0.2) is 64.4 Å². The van der Waals surface area contributed by atoms with Crippen LogP contribution in [0.4, 0.5) is 10.5 Å². The number of rotatable bonds is 4. The fourth-order valence-corrected chi connectivity index (χ4v) is 3.54. The first kappa shape index (κ1) is 16.4. The lowest BCUT2D eigenvalue weighted by Gasteiger charge is -2.14. The van der Waals surface area contributed by atoms with Crippen LogP contribution in [0.2, 0.25) is 0 Å². The van der Waals surface area contributed by atoms with Crippen molar-refractivity contribution in [3.05, 3.63) is 54.6 Å². The number of carbonyl (C=O) groups is 1. The number of nitrogens with zero attached hydrogens (tertiary/aromatic N) is 1. The molecule has 22 heavy (non-hydrogen) atoms. The quantitative estimate of drug-likeness (QED) is 0.870. The van der Waals surface area contributed by atoms with Crippen molar-refractivity contribution in [1.29, 1.82) is 0 Å². The molecular formula is C15H16N2O3S2. The molecule has 7 heteroatoms. The average molecular weight is 336 g/mol. The van der Waals surface area contributed by atoms with E-state index in [2.05, 4.69) is 4.72 Å². The molecule has 1 N–H and O–H groups in total.